The van der Waals surface area contributed by atoms with Crippen LogP contribution in [0, 0.1) is 6.92 Å². The number of carbonyl (C=O) groups excluding carboxylic acids is 1. The molecule has 0 unspecified atom stereocenters. The maximum atomic E-state index is 13.7. The molecule has 3 heterocycles. The normalized spacial score (nSPS) is 15.8. The van der Waals surface area contributed by atoms with Crippen LogP contribution in [-0.2, 0) is 11.2 Å². The predicted molar refractivity (Wildman–Crippen MR) is 144 cm³/mol. The van der Waals surface area contributed by atoms with Gasteiger partial charge in [-0.15, -0.1) is 0 Å². The van der Waals surface area contributed by atoms with Gasteiger partial charge in [0.15, 0.2) is 5.76 Å². The lowest BCUT2D eigenvalue weighted by molar-refractivity contribution is 0.0605. The first-order chi connectivity index (χ1) is 17.6. The number of hydrogen-bond acceptors (Lipinski definition) is 4. The number of aromatic nitrogens is 1. The maximum absolute atomic E-state index is 13.7. The fourth-order valence-electron chi connectivity index (χ4n) is 5.58. The summed E-state index contributed by atoms with van der Waals surface area (Å²) in [7, 11) is 1.72. The Morgan fingerprint density at radius 3 is 2.64 bits per heavy atom. The highest BCUT2D eigenvalue weighted by molar-refractivity contribution is 6.05. The number of para-hydroxylation sites is 1. The third kappa shape index (κ3) is 4.97. The van der Waals surface area contributed by atoms with Crippen molar-refractivity contribution in [3.8, 4) is 0 Å². The second-order valence-corrected chi connectivity index (χ2v) is 9.92. The summed E-state index contributed by atoms with van der Waals surface area (Å²) in [4.78, 5) is 21.5. The first kappa shape index (κ1) is 24.3. The van der Waals surface area contributed by atoms with E-state index in [-0.39, 0.29) is 5.91 Å². The zero-order valence-corrected chi connectivity index (χ0v) is 21.2. The van der Waals surface area contributed by atoms with Gasteiger partial charge in [-0.3, -0.25) is 9.69 Å². The molecule has 0 bridgehead atoms. The van der Waals surface area contributed by atoms with E-state index in [1.807, 2.05) is 35.2 Å². The summed E-state index contributed by atoms with van der Waals surface area (Å²) in [5.74, 6) is 0.233. The van der Waals surface area contributed by atoms with Gasteiger partial charge in [0.25, 0.3) is 5.91 Å². The highest BCUT2D eigenvalue weighted by Crippen LogP contribution is 2.35. The van der Waals surface area contributed by atoms with Crippen LogP contribution in [0.15, 0.2) is 77.5 Å². The molecule has 36 heavy (non-hydrogen) atoms. The number of methoxy groups -OCH3 is 1. The van der Waals surface area contributed by atoms with Crippen molar-refractivity contribution in [1.29, 1.82) is 0 Å². The van der Waals surface area contributed by atoms with Crippen LogP contribution in [-0.4, -0.2) is 54.7 Å². The predicted octanol–water partition coefficient (Wildman–Crippen LogP) is 5.83. The number of aryl methyl sites for hydroxylation is 2. The summed E-state index contributed by atoms with van der Waals surface area (Å²) in [6.07, 6.45) is 7.55. The lowest BCUT2D eigenvalue weighted by Gasteiger charge is -2.48. The highest BCUT2D eigenvalue weighted by atomic mass is 16.5. The van der Waals surface area contributed by atoms with Crippen molar-refractivity contribution in [2.45, 2.75) is 38.1 Å². The van der Waals surface area contributed by atoms with E-state index in [1.165, 1.54) is 22.0 Å². The van der Waals surface area contributed by atoms with Crippen molar-refractivity contribution in [1.82, 2.24) is 9.88 Å². The van der Waals surface area contributed by atoms with E-state index in [1.54, 1.807) is 25.5 Å². The molecule has 5 rings (SSSR count). The van der Waals surface area contributed by atoms with Crippen LogP contribution in [0.3, 0.4) is 0 Å². The quantitative estimate of drug-likeness (QED) is 0.324. The fourth-order valence-corrected chi connectivity index (χ4v) is 5.58. The molecule has 1 saturated heterocycles. The lowest BCUT2D eigenvalue weighted by Crippen LogP contribution is -2.60. The summed E-state index contributed by atoms with van der Waals surface area (Å²) in [5.41, 5.74) is 4.34. The standard InChI is InChI=1S/C30H35N3O3/c1-23-12-13-27-26(20-23)24(21-31-27)8-6-16-32-17-14-30(15-18-32,22-35-2)33(25-9-4-3-5-10-25)29(34)28-11-7-19-36-28/h3-5,7,9-13,19-21,31H,6,8,14-18,22H2,1-2H3. The maximum Gasteiger partial charge on any atom is 0.294 e. The number of ether oxygens (including phenoxy) is 1. The van der Waals surface area contributed by atoms with E-state index < -0.39 is 5.54 Å². The highest BCUT2D eigenvalue weighted by Gasteiger charge is 2.44. The summed E-state index contributed by atoms with van der Waals surface area (Å²) in [5, 5.41) is 1.34. The minimum absolute atomic E-state index is 0.119. The molecule has 6 nitrogen and oxygen atoms in total. The van der Waals surface area contributed by atoms with Gasteiger partial charge in [0, 0.05) is 43.0 Å². The Morgan fingerprint density at radius 1 is 1.11 bits per heavy atom. The Morgan fingerprint density at radius 2 is 1.92 bits per heavy atom. The zero-order valence-electron chi connectivity index (χ0n) is 21.2. The van der Waals surface area contributed by atoms with Gasteiger partial charge in [-0.05, 0) is 81.1 Å². The number of rotatable bonds is 9. The molecule has 4 aromatic rings. The van der Waals surface area contributed by atoms with Crippen molar-refractivity contribution >= 4 is 22.5 Å². The Hall–Kier alpha value is -3.35. The van der Waals surface area contributed by atoms with Crippen molar-refractivity contribution in [3.63, 3.8) is 0 Å². The molecule has 0 spiro atoms. The van der Waals surface area contributed by atoms with E-state index >= 15 is 0 Å². The fraction of sp³-hybridized carbons (Fsp3) is 0.367. The van der Waals surface area contributed by atoms with Crippen LogP contribution in [0.4, 0.5) is 5.69 Å². The Labute approximate surface area is 212 Å². The molecule has 0 saturated carbocycles. The van der Waals surface area contributed by atoms with Crippen molar-refractivity contribution < 1.29 is 13.9 Å². The number of furan rings is 1. The number of piperidine rings is 1. The number of hydrogen-bond donors (Lipinski definition) is 1. The van der Waals surface area contributed by atoms with E-state index in [4.69, 9.17) is 9.15 Å². The molecule has 1 aliphatic rings. The number of H-pyrrole nitrogens is 1. The summed E-state index contributed by atoms with van der Waals surface area (Å²) in [6, 6.07) is 20.0. The van der Waals surface area contributed by atoms with Gasteiger partial charge in [0.2, 0.25) is 0 Å². The molecule has 1 amide bonds. The van der Waals surface area contributed by atoms with Crippen LogP contribution in [0.5, 0.6) is 0 Å². The number of carbonyl (C=O) groups is 1. The summed E-state index contributed by atoms with van der Waals surface area (Å²) >= 11 is 0. The molecule has 0 atom stereocenters. The van der Waals surface area contributed by atoms with Gasteiger partial charge in [0.05, 0.1) is 18.4 Å². The number of nitrogens with zero attached hydrogens (tertiary/aromatic N) is 2. The van der Waals surface area contributed by atoms with Gasteiger partial charge in [-0.1, -0.05) is 29.8 Å². The van der Waals surface area contributed by atoms with E-state index in [2.05, 4.69) is 41.2 Å². The zero-order chi connectivity index (χ0) is 25.0. The molecular formula is C30H35N3O3. The second kappa shape index (κ2) is 10.7. The average Bonchev–Trinajstić information content (AvgIpc) is 3.57. The second-order valence-electron chi connectivity index (χ2n) is 9.92. The molecule has 0 radical (unpaired) electrons. The largest absolute Gasteiger partial charge is 0.459 e. The SMILES string of the molecule is COCC1(N(C(=O)c2ccco2)c2ccccc2)CCN(CCCc2c[nH]c3ccc(C)cc23)CC1. The van der Waals surface area contributed by atoms with Crippen LogP contribution in [0.1, 0.15) is 40.9 Å². The van der Waals surface area contributed by atoms with Crippen molar-refractivity contribution in [3.05, 3.63) is 90.0 Å². The van der Waals surface area contributed by atoms with Gasteiger partial charge >= 0.3 is 0 Å². The third-order valence-corrected chi connectivity index (χ3v) is 7.47. The third-order valence-electron chi connectivity index (χ3n) is 7.47. The molecule has 1 fully saturated rings. The summed E-state index contributed by atoms with van der Waals surface area (Å²) < 4.78 is 11.2. The minimum atomic E-state index is -0.426. The lowest BCUT2D eigenvalue weighted by atomic mass is 9.85. The van der Waals surface area contributed by atoms with E-state index in [0.717, 1.165) is 51.0 Å². The number of fused-ring (bicyclic) bond motifs is 1. The topological polar surface area (TPSA) is 61.7 Å². The van der Waals surface area contributed by atoms with E-state index in [9.17, 15) is 4.79 Å². The monoisotopic (exact) mass is 485 g/mol. The Kier molecular flexibility index (Phi) is 7.25. The molecule has 188 valence electrons. The average molecular weight is 486 g/mol. The molecule has 2 aromatic heterocycles. The van der Waals surface area contributed by atoms with Crippen LogP contribution < -0.4 is 4.90 Å². The first-order valence-electron chi connectivity index (χ1n) is 12.8. The molecule has 2 aromatic carbocycles. The van der Waals surface area contributed by atoms with Crippen LogP contribution in [0.2, 0.25) is 0 Å². The number of nitrogens with one attached hydrogen (secondary N) is 1. The van der Waals surface area contributed by atoms with Crippen molar-refractivity contribution in [2.75, 3.05) is 38.3 Å². The van der Waals surface area contributed by atoms with Crippen molar-refractivity contribution in [2.24, 2.45) is 0 Å². The van der Waals surface area contributed by atoms with Gasteiger partial charge in [-0.25, -0.2) is 0 Å². The molecular weight excluding hydrogens is 450 g/mol. The van der Waals surface area contributed by atoms with Gasteiger partial charge in [-0.2, -0.15) is 0 Å². The molecule has 0 aliphatic carbocycles. The minimum Gasteiger partial charge on any atom is -0.459 e. The van der Waals surface area contributed by atoms with Gasteiger partial charge in [0.1, 0.15) is 0 Å². The number of amides is 1. The number of benzene rings is 2. The molecule has 6 heteroatoms. The molecule has 1 aliphatic heterocycles. The smallest absolute Gasteiger partial charge is 0.294 e. The van der Waals surface area contributed by atoms with Gasteiger partial charge < -0.3 is 19.0 Å². The summed E-state index contributed by atoms with van der Waals surface area (Å²) in [6.45, 7) is 5.51. The number of likely N-dealkylation sites (tertiary alicyclic amines) is 1. The van der Waals surface area contributed by atoms with E-state index in [0.29, 0.717) is 12.4 Å². The Balaban J connectivity index is 1.28. The van der Waals surface area contributed by atoms with Crippen LogP contribution in [0.25, 0.3) is 10.9 Å². The van der Waals surface area contributed by atoms with Crippen LogP contribution >= 0.6 is 0 Å². The number of aromatic amines is 1. The number of anilines is 1. The Bertz CT molecular complexity index is 1270. The molecule has 1 N–H and O–H groups in total. The first-order valence-corrected chi connectivity index (χ1v) is 12.8.